The first-order valence-electron chi connectivity index (χ1n) is 19.4. The van der Waals surface area contributed by atoms with Crippen molar-refractivity contribution in [2.45, 2.75) is 180 Å². The van der Waals surface area contributed by atoms with Crippen LogP contribution in [-0.2, 0) is 37.5 Å². The maximum absolute atomic E-state index is 12.5. The van der Waals surface area contributed by atoms with Crippen LogP contribution in [0.3, 0.4) is 0 Å². The van der Waals surface area contributed by atoms with Gasteiger partial charge in [-0.1, -0.05) is 115 Å². The Morgan fingerprint density at radius 3 is 1.46 bits per heavy atom. The van der Waals surface area contributed by atoms with Crippen LogP contribution >= 0.6 is 7.82 Å². The maximum Gasteiger partial charge on any atom is 0.472 e. The molecule has 0 aromatic rings. The first-order valence-corrected chi connectivity index (χ1v) is 20.9. The van der Waals surface area contributed by atoms with Crippen LogP contribution in [0.1, 0.15) is 168 Å². The number of hydrogen-bond donors (Lipinski definition) is 3. The largest absolute Gasteiger partial charge is 0.480 e. The first-order chi connectivity index (χ1) is 24.1. The molecule has 0 aliphatic heterocycles. The Kier molecular flexibility index (Phi) is 32.7. The molecule has 0 fully saturated rings. The summed E-state index contributed by atoms with van der Waals surface area (Å²) in [7, 11) is -4.71. The van der Waals surface area contributed by atoms with E-state index >= 15 is 0 Å². The van der Waals surface area contributed by atoms with E-state index in [1.54, 1.807) is 0 Å². The predicted molar refractivity (Wildman–Crippen MR) is 199 cm³/mol. The molecule has 4 N–H and O–H groups in total. The van der Waals surface area contributed by atoms with E-state index < -0.39 is 51.1 Å². The number of carbonyl (C=O) groups excluding carboxylic acids is 2. The number of carbonyl (C=O) groups is 3. The number of rotatable bonds is 36. The van der Waals surface area contributed by atoms with Gasteiger partial charge in [-0.2, -0.15) is 0 Å². The van der Waals surface area contributed by atoms with Crippen LogP contribution in [0.15, 0.2) is 24.3 Å². The third-order valence-electron chi connectivity index (χ3n) is 8.17. The van der Waals surface area contributed by atoms with Gasteiger partial charge in [0, 0.05) is 12.8 Å². The summed E-state index contributed by atoms with van der Waals surface area (Å²) in [5, 5.41) is 8.85. The average molecular weight is 732 g/mol. The summed E-state index contributed by atoms with van der Waals surface area (Å²) in [5.74, 6) is -2.42. The second kappa shape index (κ2) is 34.1. The molecule has 0 saturated carbocycles. The molecule has 0 amide bonds. The zero-order valence-corrected chi connectivity index (χ0v) is 32.1. The van der Waals surface area contributed by atoms with Gasteiger partial charge in [0.15, 0.2) is 6.10 Å². The second-order valence-electron chi connectivity index (χ2n) is 13.1. The zero-order chi connectivity index (χ0) is 37.1. The molecule has 1 unspecified atom stereocenters. The van der Waals surface area contributed by atoms with Gasteiger partial charge in [-0.25, -0.2) is 4.57 Å². The van der Waals surface area contributed by atoms with Crippen molar-refractivity contribution in [3.05, 3.63) is 24.3 Å². The van der Waals surface area contributed by atoms with E-state index in [9.17, 15) is 23.8 Å². The van der Waals surface area contributed by atoms with Crippen LogP contribution in [0.25, 0.3) is 0 Å². The van der Waals surface area contributed by atoms with Crippen molar-refractivity contribution >= 4 is 25.7 Å². The molecule has 0 bridgehead atoms. The molecule has 0 aliphatic carbocycles. The fraction of sp³-hybridized carbons (Fsp3) is 0.816. The average Bonchev–Trinajstić information content (AvgIpc) is 3.09. The molecule has 3 atom stereocenters. The highest BCUT2D eigenvalue weighted by Gasteiger charge is 2.28. The predicted octanol–water partition coefficient (Wildman–Crippen LogP) is 9.50. The fourth-order valence-electron chi connectivity index (χ4n) is 5.05. The number of allylic oxidation sites excluding steroid dienone is 4. The van der Waals surface area contributed by atoms with E-state index in [-0.39, 0.29) is 19.4 Å². The quantitative estimate of drug-likeness (QED) is 0.0242. The molecule has 50 heavy (non-hydrogen) atoms. The molecule has 0 aromatic heterocycles. The van der Waals surface area contributed by atoms with Crippen molar-refractivity contribution in [1.82, 2.24) is 0 Å². The van der Waals surface area contributed by atoms with Gasteiger partial charge < -0.3 is 25.2 Å². The van der Waals surface area contributed by atoms with Crippen molar-refractivity contribution < 1.29 is 47.5 Å². The number of unbranched alkanes of at least 4 members (excludes halogenated alkanes) is 18. The molecule has 0 saturated heterocycles. The number of phosphoric ester groups is 1. The second-order valence-corrected chi connectivity index (χ2v) is 14.5. The van der Waals surface area contributed by atoms with Crippen LogP contribution in [0.2, 0.25) is 0 Å². The number of hydrogen-bond acceptors (Lipinski definition) is 9. The van der Waals surface area contributed by atoms with Gasteiger partial charge in [0.25, 0.3) is 0 Å². The molecule has 0 rings (SSSR count). The van der Waals surface area contributed by atoms with Crippen molar-refractivity contribution in [3.8, 4) is 0 Å². The monoisotopic (exact) mass is 731 g/mol. The number of nitrogens with two attached hydrogens (primary N) is 1. The minimum absolute atomic E-state index is 0.139. The van der Waals surface area contributed by atoms with Gasteiger partial charge in [-0.05, 0) is 64.2 Å². The smallest absolute Gasteiger partial charge is 0.472 e. The highest BCUT2D eigenvalue weighted by atomic mass is 31.2. The van der Waals surface area contributed by atoms with Crippen molar-refractivity contribution in [2.24, 2.45) is 5.73 Å². The topological polar surface area (TPSA) is 172 Å². The van der Waals surface area contributed by atoms with Gasteiger partial charge in [0.1, 0.15) is 12.6 Å². The Morgan fingerprint density at radius 2 is 1.00 bits per heavy atom. The normalized spacial score (nSPS) is 14.2. The van der Waals surface area contributed by atoms with E-state index in [1.165, 1.54) is 77.0 Å². The summed E-state index contributed by atoms with van der Waals surface area (Å²) in [5.41, 5.74) is 5.31. The minimum Gasteiger partial charge on any atom is -0.480 e. The van der Waals surface area contributed by atoms with Crippen LogP contribution in [-0.4, -0.2) is 59.9 Å². The van der Waals surface area contributed by atoms with Gasteiger partial charge in [-0.15, -0.1) is 0 Å². The van der Waals surface area contributed by atoms with Crippen molar-refractivity contribution in [3.63, 3.8) is 0 Å². The van der Waals surface area contributed by atoms with Crippen LogP contribution in [0.4, 0.5) is 0 Å². The lowest BCUT2D eigenvalue weighted by molar-refractivity contribution is -0.161. The lowest BCUT2D eigenvalue weighted by atomic mass is 10.1. The molecule has 0 heterocycles. The SMILES string of the molecule is CCCCCCCC/C=C/CCCCCC(=O)OC[C@H](COP(=O)(O)OC[C@H](N)C(=O)O)OC(=O)CCCCC/C=C/CCCCCCCC. The summed E-state index contributed by atoms with van der Waals surface area (Å²) in [6.07, 6.45) is 32.5. The summed E-state index contributed by atoms with van der Waals surface area (Å²) in [4.78, 5) is 45.7. The Labute approximate surface area is 302 Å². The molecule has 12 heteroatoms. The first kappa shape index (κ1) is 48.0. The molecule has 0 radical (unpaired) electrons. The molecule has 0 aromatic carbocycles. The van der Waals surface area contributed by atoms with E-state index in [1.807, 2.05) is 0 Å². The summed E-state index contributed by atoms with van der Waals surface area (Å²) >= 11 is 0. The van der Waals surface area contributed by atoms with Crippen LogP contribution < -0.4 is 5.73 Å². The number of phosphoric acid groups is 1. The van der Waals surface area contributed by atoms with Crippen molar-refractivity contribution in [1.29, 1.82) is 0 Å². The Morgan fingerprint density at radius 1 is 0.600 bits per heavy atom. The molecule has 0 aliphatic rings. The van der Waals surface area contributed by atoms with E-state index in [0.717, 1.165) is 51.4 Å². The highest BCUT2D eigenvalue weighted by molar-refractivity contribution is 7.47. The molecule has 11 nitrogen and oxygen atoms in total. The van der Waals surface area contributed by atoms with Gasteiger partial charge in [0.05, 0.1) is 13.2 Å². The van der Waals surface area contributed by atoms with Crippen molar-refractivity contribution in [2.75, 3.05) is 19.8 Å². The number of carboxylic acids is 1. The number of esters is 2. The zero-order valence-electron chi connectivity index (χ0n) is 31.2. The van der Waals surface area contributed by atoms with E-state index in [0.29, 0.717) is 12.8 Å². The molecular formula is C38H70NO10P. The lowest BCUT2D eigenvalue weighted by Gasteiger charge is -2.20. The lowest BCUT2D eigenvalue weighted by Crippen LogP contribution is -2.34. The number of carboxylic acid groups (broad SMARTS) is 1. The minimum atomic E-state index is -4.71. The van der Waals surface area contributed by atoms with Gasteiger partial charge >= 0.3 is 25.7 Å². The Hall–Kier alpha value is -2.04. The van der Waals surface area contributed by atoms with E-state index in [2.05, 4.69) is 42.7 Å². The molecule has 0 spiro atoms. The summed E-state index contributed by atoms with van der Waals surface area (Å²) < 4.78 is 32.5. The number of ether oxygens (including phenoxy) is 2. The third kappa shape index (κ3) is 33.1. The number of aliphatic carboxylic acids is 1. The van der Waals surface area contributed by atoms with Gasteiger partial charge in [0.2, 0.25) is 0 Å². The fourth-order valence-corrected chi connectivity index (χ4v) is 5.83. The summed E-state index contributed by atoms with van der Waals surface area (Å²) in [6, 6.07) is -1.52. The summed E-state index contributed by atoms with van der Waals surface area (Å²) in [6.45, 7) is 2.73. The molecular weight excluding hydrogens is 661 g/mol. The maximum atomic E-state index is 12.5. The van der Waals surface area contributed by atoms with Crippen LogP contribution in [0.5, 0.6) is 0 Å². The highest BCUT2D eigenvalue weighted by Crippen LogP contribution is 2.43. The third-order valence-corrected chi connectivity index (χ3v) is 9.12. The van der Waals surface area contributed by atoms with Crippen LogP contribution in [0, 0.1) is 0 Å². The van der Waals surface area contributed by atoms with E-state index in [4.69, 9.17) is 24.8 Å². The Bertz CT molecular complexity index is 958. The standard InChI is InChI=1S/C38H70NO10P/c1-3-5-7-9-11-13-15-17-19-21-23-25-27-29-36(40)46-31-34(32-47-50(44,45)48-33-35(39)38(42)43)49-37(41)30-28-26-24-22-20-18-16-14-12-10-8-6-4-2/h17-20,34-35H,3-16,21-33,39H2,1-2H3,(H,42,43)(H,44,45)/b19-17+,20-18+/t34-,35+/m1/s1. The molecule has 292 valence electrons. The Balaban J connectivity index is 4.49. The van der Waals surface area contributed by atoms with Gasteiger partial charge in [-0.3, -0.25) is 23.4 Å².